The highest BCUT2D eigenvalue weighted by Gasteiger charge is 2.26. The first-order chi connectivity index (χ1) is 7.88. The first-order valence-corrected chi connectivity index (χ1v) is 6.37. The lowest BCUT2D eigenvalue weighted by Gasteiger charge is -2.18. The Labute approximate surface area is 109 Å². The van der Waals surface area contributed by atoms with Crippen LogP contribution >= 0.6 is 15.9 Å². The zero-order valence-corrected chi connectivity index (χ0v) is 11.8. The van der Waals surface area contributed by atoms with E-state index in [1.54, 1.807) is 0 Å². The number of nitrogens with zero attached hydrogens (tertiary/aromatic N) is 2. The van der Waals surface area contributed by atoms with Crippen molar-refractivity contribution in [2.45, 2.75) is 39.5 Å². The molecule has 1 aromatic rings. The van der Waals surface area contributed by atoms with Crippen molar-refractivity contribution in [3.05, 3.63) is 15.9 Å². The highest BCUT2D eigenvalue weighted by atomic mass is 79.9. The van der Waals surface area contributed by atoms with E-state index in [4.69, 9.17) is 4.74 Å². The Morgan fingerprint density at radius 1 is 1.53 bits per heavy atom. The van der Waals surface area contributed by atoms with Gasteiger partial charge in [0.15, 0.2) is 5.69 Å². The number of aromatic nitrogens is 2. The van der Waals surface area contributed by atoms with Crippen LogP contribution in [-0.2, 0) is 17.8 Å². The van der Waals surface area contributed by atoms with Crippen LogP contribution in [-0.4, -0.2) is 27.9 Å². The molecule has 6 heteroatoms. The molecule has 94 valence electrons. The zero-order valence-electron chi connectivity index (χ0n) is 10.2. The van der Waals surface area contributed by atoms with Crippen molar-refractivity contribution in [1.29, 1.82) is 0 Å². The van der Waals surface area contributed by atoms with Crippen molar-refractivity contribution in [3.63, 3.8) is 0 Å². The molecule has 1 aliphatic heterocycles. The molecule has 17 heavy (non-hydrogen) atoms. The maximum atomic E-state index is 12.0. The second kappa shape index (κ2) is 4.42. The molecule has 1 aliphatic rings. The van der Waals surface area contributed by atoms with Gasteiger partial charge >= 0.3 is 5.97 Å². The van der Waals surface area contributed by atoms with Crippen LogP contribution in [0.3, 0.4) is 0 Å². The van der Waals surface area contributed by atoms with Gasteiger partial charge in [-0.25, -0.2) is 4.79 Å². The van der Waals surface area contributed by atoms with Crippen molar-refractivity contribution >= 4 is 21.9 Å². The van der Waals surface area contributed by atoms with E-state index in [2.05, 4.69) is 26.3 Å². The Morgan fingerprint density at radius 2 is 2.24 bits per heavy atom. The maximum Gasteiger partial charge on any atom is 0.360 e. The first-order valence-electron chi connectivity index (χ1n) is 5.58. The summed E-state index contributed by atoms with van der Waals surface area (Å²) in [4.78, 5) is 12.0. The molecule has 0 aromatic carbocycles. The second-order valence-electron chi connectivity index (χ2n) is 5.01. The predicted molar refractivity (Wildman–Crippen MR) is 66.8 cm³/mol. The molecule has 0 spiro atoms. The minimum Gasteiger partial charge on any atom is -0.455 e. The molecule has 2 heterocycles. The molecule has 0 unspecified atom stereocenters. The Kier molecular flexibility index (Phi) is 3.27. The molecule has 0 saturated carbocycles. The van der Waals surface area contributed by atoms with Crippen LogP contribution < -0.4 is 5.32 Å². The van der Waals surface area contributed by atoms with Gasteiger partial charge in [-0.1, -0.05) is 0 Å². The number of carbonyl (C=O) groups excluding carboxylic acids is 1. The molecule has 0 bridgehead atoms. The smallest absolute Gasteiger partial charge is 0.360 e. The number of hydrogen-bond donors (Lipinski definition) is 1. The van der Waals surface area contributed by atoms with E-state index >= 15 is 0 Å². The van der Waals surface area contributed by atoms with E-state index < -0.39 is 5.60 Å². The van der Waals surface area contributed by atoms with Crippen LogP contribution in [0.4, 0.5) is 0 Å². The molecule has 0 aliphatic carbocycles. The quantitative estimate of drug-likeness (QED) is 0.802. The summed E-state index contributed by atoms with van der Waals surface area (Å²) in [6.45, 7) is 7.89. The minimum absolute atomic E-state index is 0.360. The lowest BCUT2D eigenvalue weighted by molar-refractivity contribution is 0.00609. The van der Waals surface area contributed by atoms with Gasteiger partial charge in [0.25, 0.3) is 0 Å². The van der Waals surface area contributed by atoms with Crippen LogP contribution in [0.1, 0.15) is 37.0 Å². The fourth-order valence-corrected chi connectivity index (χ4v) is 2.26. The van der Waals surface area contributed by atoms with Gasteiger partial charge in [-0.15, -0.1) is 0 Å². The number of nitrogens with one attached hydrogen (secondary N) is 1. The third-order valence-electron chi connectivity index (χ3n) is 2.38. The summed E-state index contributed by atoms with van der Waals surface area (Å²) in [7, 11) is 0. The highest BCUT2D eigenvalue weighted by molar-refractivity contribution is 9.10. The molecule has 0 atom stereocenters. The van der Waals surface area contributed by atoms with Gasteiger partial charge in [0, 0.05) is 13.1 Å². The number of carbonyl (C=O) groups is 1. The van der Waals surface area contributed by atoms with E-state index in [1.807, 2.05) is 25.5 Å². The van der Waals surface area contributed by atoms with E-state index in [0.717, 1.165) is 29.8 Å². The predicted octanol–water partition coefficient (Wildman–Crippen LogP) is 1.70. The molecule has 1 N–H and O–H groups in total. The average Bonchev–Trinajstić information content (AvgIpc) is 2.55. The van der Waals surface area contributed by atoms with Gasteiger partial charge in [0.05, 0.1) is 16.7 Å². The summed E-state index contributed by atoms with van der Waals surface area (Å²) < 4.78 is 7.90. The Morgan fingerprint density at radius 3 is 2.82 bits per heavy atom. The van der Waals surface area contributed by atoms with Gasteiger partial charge in [-0.3, -0.25) is 4.68 Å². The standard InChI is InChI=1S/C11H16BrN3O2/c1-11(2,3)17-10(16)9-8(12)7-6-13-4-5-15(7)14-9/h13H,4-6H2,1-3H3. The van der Waals surface area contributed by atoms with Crippen LogP contribution in [0.15, 0.2) is 4.47 Å². The van der Waals surface area contributed by atoms with Gasteiger partial charge in [-0.05, 0) is 36.7 Å². The number of hydrogen-bond acceptors (Lipinski definition) is 4. The number of halogens is 1. The van der Waals surface area contributed by atoms with Crippen molar-refractivity contribution in [1.82, 2.24) is 15.1 Å². The minimum atomic E-state index is -0.501. The van der Waals surface area contributed by atoms with Crippen molar-refractivity contribution in [2.24, 2.45) is 0 Å². The summed E-state index contributed by atoms with van der Waals surface area (Å²) in [5.74, 6) is -0.383. The summed E-state index contributed by atoms with van der Waals surface area (Å²) >= 11 is 3.42. The van der Waals surface area contributed by atoms with Crippen molar-refractivity contribution in [3.8, 4) is 0 Å². The molecule has 0 amide bonds. The van der Waals surface area contributed by atoms with Gasteiger partial charge in [0.2, 0.25) is 0 Å². The van der Waals surface area contributed by atoms with Crippen molar-refractivity contribution < 1.29 is 9.53 Å². The normalized spacial score (nSPS) is 15.5. The Bertz CT molecular complexity index is 448. The highest BCUT2D eigenvalue weighted by Crippen LogP contribution is 2.25. The number of esters is 1. The topological polar surface area (TPSA) is 56.1 Å². The third-order valence-corrected chi connectivity index (χ3v) is 3.21. The second-order valence-corrected chi connectivity index (χ2v) is 5.80. The van der Waals surface area contributed by atoms with Crippen LogP contribution in [0.25, 0.3) is 0 Å². The third kappa shape index (κ3) is 2.69. The largest absolute Gasteiger partial charge is 0.455 e. The van der Waals surface area contributed by atoms with Gasteiger partial charge in [-0.2, -0.15) is 5.10 Å². The molecule has 1 aromatic heterocycles. The van der Waals surface area contributed by atoms with Gasteiger partial charge in [0.1, 0.15) is 5.60 Å². The molecule has 0 saturated heterocycles. The van der Waals surface area contributed by atoms with E-state index in [1.165, 1.54) is 0 Å². The molecule has 0 radical (unpaired) electrons. The maximum absolute atomic E-state index is 12.0. The summed E-state index contributed by atoms with van der Waals surface area (Å²) in [6.07, 6.45) is 0. The zero-order chi connectivity index (χ0) is 12.6. The summed E-state index contributed by atoms with van der Waals surface area (Å²) in [6, 6.07) is 0. The monoisotopic (exact) mass is 301 g/mol. The van der Waals surface area contributed by atoms with E-state index in [0.29, 0.717) is 5.69 Å². The van der Waals surface area contributed by atoms with Gasteiger partial charge < -0.3 is 10.1 Å². The molecular weight excluding hydrogens is 286 g/mol. The average molecular weight is 302 g/mol. The molecule has 0 fully saturated rings. The summed E-state index contributed by atoms with van der Waals surface area (Å²) in [5.41, 5.74) is 0.856. The number of fused-ring (bicyclic) bond motifs is 1. The van der Waals surface area contributed by atoms with E-state index in [9.17, 15) is 4.79 Å². The number of ether oxygens (including phenoxy) is 1. The Hall–Kier alpha value is -0.880. The SMILES string of the molecule is CC(C)(C)OC(=O)c1nn2c(c1Br)CNCC2. The fourth-order valence-electron chi connectivity index (χ4n) is 1.68. The van der Waals surface area contributed by atoms with Crippen LogP contribution in [0, 0.1) is 0 Å². The Balaban J connectivity index is 2.27. The van der Waals surface area contributed by atoms with Crippen LogP contribution in [0.2, 0.25) is 0 Å². The van der Waals surface area contributed by atoms with Crippen molar-refractivity contribution in [2.75, 3.05) is 6.54 Å². The molecule has 5 nitrogen and oxygen atoms in total. The fraction of sp³-hybridized carbons (Fsp3) is 0.636. The number of rotatable bonds is 1. The van der Waals surface area contributed by atoms with Crippen LogP contribution in [0.5, 0.6) is 0 Å². The first kappa shape index (κ1) is 12.6. The van der Waals surface area contributed by atoms with E-state index in [-0.39, 0.29) is 5.97 Å². The summed E-state index contributed by atoms with van der Waals surface area (Å²) in [5, 5.41) is 7.53. The lowest BCUT2D eigenvalue weighted by atomic mass is 10.2. The lowest BCUT2D eigenvalue weighted by Crippen LogP contribution is -2.28. The molecule has 2 rings (SSSR count). The molecular formula is C11H16BrN3O2.